The summed E-state index contributed by atoms with van der Waals surface area (Å²) < 4.78 is 22.4. The molecule has 0 aliphatic carbocycles. The molecule has 0 aliphatic heterocycles. The van der Waals surface area contributed by atoms with E-state index in [9.17, 15) is 8.76 Å². The molecule has 1 unspecified atom stereocenters. The van der Waals surface area contributed by atoms with Crippen LogP contribution in [0.25, 0.3) is 10.8 Å². The number of rotatable bonds is 1. The molecule has 0 saturated heterocycles. The van der Waals surface area contributed by atoms with Crippen LogP contribution in [0.3, 0.4) is 0 Å². The van der Waals surface area contributed by atoms with Gasteiger partial charge in [-0.25, -0.2) is 0 Å². The van der Waals surface area contributed by atoms with E-state index in [0.29, 0.717) is 4.90 Å². The Bertz CT molecular complexity index is 510. The van der Waals surface area contributed by atoms with Gasteiger partial charge in [-0.1, -0.05) is 34.1 Å². The van der Waals surface area contributed by atoms with Gasteiger partial charge in [0.15, 0.2) is 0 Å². The summed E-state index contributed by atoms with van der Waals surface area (Å²) in [6.07, 6.45) is 0. The van der Waals surface area contributed by atoms with E-state index in [0.717, 1.165) is 15.2 Å². The highest BCUT2D eigenvalue weighted by atomic mass is 79.9. The van der Waals surface area contributed by atoms with Gasteiger partial charge in [0.25, 0.3) is 0 Å². The lowest BCUT2D eigenvalue weighted by Gasteiger charge is -2.06. The molecule has 0 bridgehead atoms. The quantitative estimate of drug-likeness (QED) is 0.747. The van der Waals surface area contributed by atoms with E-state index in [1.54, 1.807) is 18.2 Å². The molecule has 0 aromatic heterocycles. The van der Waals surface area contributed by atoms with Gasteiger partial charge >= 0.3 is 0 Å². The highest BCUT2D eigenvalue weighted by molar-refractivity contribution is 9.10. The minimum absolute atomic E-state index is 0.315. The minimum atomic E-state index is -2.16. The Morgan fingerprint density at radius 3 is 2.71 bits per heavy atom. The van der Waals surface area contributed by atoms with Crippen molar-refractivity contribution in [1.82, 2.24) is 0 Å². The van der Waals surface area contributed by atoms with E-state index in [1.165, 1.54) is 0 Å². The number of fused-ring (bicyclic) bond motifs is 1. The third kappa shape index (κ3) is 1.73. The first-order valence-electron chi connectivity index (χ1n) is 3.96. The van der Waals surface area contributed by atoms with Crippen LogP contribution in [0.4, 0.5) is 0 Å². The van der Waals surface area contributed by atoms with E-state index in [4.69, 9.17) is 0 Å². The second-order valence-corrected chi connectivity index (χ2v) is 4.65. The van der Waals surface area contributed by atoms with Crippen LogP contribution in [0.2, 0.25) is 0 Å². The smallest absolute Gasteiger partial charge is 0.0255 e. The Hall–Kier alpha value is -0.710. The monoisotopic (exact) mass is 269 g/mol. The van der Waals surface area contributed by atoms with E-state index in [2.05, 4.69) is 15.9 Å². The van der Waals surface area contributed by atoms with Crippen LogP contribution in [-0.4, -0.2) is 8.76 Å². The van der Waals surface area contributed by atoms with Crippen molar-refractivity contribution in [3.05, 3.63) is 40.9 Å². The van der Waals surface area contributed by atoms with Crippen LogP contribution in [0, 0.1) is 0 Å². The molecule has 0 N–H and O–H groups in total. The highest BCUT2D eigenvalue weighted by Crippen LogP contribution is 2.25. The van der Waals surface area contributed by atoms with Crippen molar-refractivity contribution in [2.24, 2.45) is 0 Å². The molecular weight excluding hydrogens is 264 g/mol. The van der Waals surface area contributed by atoms with Gasteiger partial charge in [0.1, 0.15) is 0 Å². The average molecular weight is 270 g/mol. The Kier molecular flexibility index (Phi) is 2.67. The number of hydrogen-bond donors (Lipinski definition) is 0. The Morgan fingerprint density at radius 1 is 1.21 bits per heavy atom. The molecule has 1 atom stereocenters. The first kappa shape index (κ1) is 9.83. The summed E-state index contributed by atoms with van der Waals surface area (Å²) in [5.74, 6) is 0. The largest absolute Gasteiger partial charge is 0.768 e. The fourth-order valence-corrected chi connectivity index (χ4v) is 2.24. The van der Waals surface area contributed by atoms with Crippen molar-refractivity contribution in [3.63, 3.8) is 0 Å². The second kappa shape index (κ2) is 3.81. The maximum absolute atomic E-state index is 10.7. The lowest BCUT2D eigenvalue weighted by Crippen LogP contribution is -1.88. The first-order chi connectivity index (χ1) is 6.68. The van der Waals surface area contributed by atoms with Gasteiger partial charge in [0.2, 0.25) is 0 Å². The molecule has 2 aromatic carbocycles. The molecule has 0 spiro atoms. The molecule has 2 nitrogen and oxygen atoms in total. The standard InChI is InChI=1S/C10H7BrO2S/c11-10-3-1-2-7-6-8(14(12)13)4-5-9(7)10/h1-6H,(H,12,13)/p-1. The summed E-state index contributed by atoms with van der Waals surface area (Å²) in [6.45, 7) is 0. The zero-order valence-electron chi connectivity index (χ0n) is 7.07. The third-order valence-electron chi connectivity index (χ3n) is 1.99. The maximum Gasteiger partial charge on any atom is 0.0255 e. The highest BCUT2D eigenvalue weighted by Gasteiger charge is 1.99. The first-order valence-corrected chi connectivity index (χ1v) is 5.83. The topological polar surface area (TPSA) is 40.1 Å². The molecule has 72 valence electrons. The summed E-state index contributed by atoms with van der Waals surface area (Å²) in [5.41, 5.74) is 0. The average Bonchev–Trinajstić information content (AvgIpc) is 2.17. The van der Waals surface area contributed by atoms with Crippen molar-refractivity contribution in [2.75, 3.05) is 0 Å². The van der Waals surface area contributed by atoms with Crippen molar-refractivity contribution in [1.29, 1.82) is 0 Å². The van der Waals surface area contributed by atoms with E-state index < -0.39 is 11.1 Å². The number of benzene rings is 2. The second-order valence-electron chi connectivity index (χ2n) is 2.86. The fraction of sp³-hybridized carbons (Fsp3) is 0. The van der Waals surface area contributed by atoms with Gasteiger partial charge in [-0.3, -0.25) is 4.21 Å². The predicted octanol–water partition coefficient (Wildman–Crippen LogP) is 2.84. The van der Waals surface area contributed by atoms with Crippen LogP contribution in [-0.2, 0) is 11.1 Å². The number of hydrogen-bond acceptors (Lipinski definition) is 2. The molecule has 0 heterocycles. The molecule has 0 radical (unpaired) electrons. The summed E-state index contributed by atoms with van der Waals surface area (Å²) >= 11 is 1.25. The van der Waals surface area contributed by atoms with Crippen LogP contribution >= 0.6 is 15.9 Å². The van der Waals surface area contributed by atoms with Crippen molar-refractivity contribution >= 4 is 37.8 Å². The van der Waals surface area contributed by atoms with Crippen molar-refractivity contribution in [2.45, 2.75) is 4.90 Å². The molecule has 4 heteroatoms. The van der Waals surface area contributed by atoms with Crippen LogP contribution in [0.15, 0.2) is 45.8 Å². The lowest BCUT2D eigenvalue weighted by atomic mass is 10.1. The molecule has 0 amide bonds. The molecule has 2 aromatic rings. The lowest BCUT2D eigenvalue weighted by molar-refractivity contribution is 0.537. The van der Waals surface area contributed by atoms with Gasteiger partial charge in [-0.05, 0) is 40.1 Å². The van der Waals surface area contributed by atoms with Gasteiger partial charge < -0.3 is 4.55 Å². The van der Waals surface area contributed by atoms with E-state index >= 15 is 0 Å². The zero-order valence-corrected chi connectivity index (χ0v) is 9.47. The predicted molar refractivity (Wildman–Crippen MR) is 58.8 cm³/mol. The Balaban J connectivity index is 2.73. The van der Waals surface area contributed by atoms with Gasteiger partial charge in [-0.2, -0.15) is 0 Å². The fourth-order valence-electron chi connectivity index (χ4n) is 1.33. The Labute approximate surface area is 92.4 Å². The maximum atomic E-state index is 10.7. The molecule has 0 saturated carbocycles. The normalized spacial score (nSPS) is 13.0. The molecule has 0 aliphatic rings. The van der Waals surface area contributed by atoms with Gasteiger partial charge in [-0.15, -0.1) is 0 Å². The minimum Gasteiger partial charge on any atom is -0.768 e. The van der Waals surface area contributed by atoms with Gasteiger partial charge in [0, 0.05) is 9.37 Å². The summed E-state index contributed by atoms with van der Waals surface area (Å²) in [6, 6.07) is 10.7. The van der Waals surface area contributed by atoms with Crippen LogP contribution in [0.1, 0.15) is 0 Å². The molecule has 0 fully saturated rings. The van der Waals surface area contributed by atoms with Crippen molar-refractivity contribution < 1.29 is 8.76 Å². The Morgan fingerprint density at radius 2 is 2.00 bits per heavy atom. The number of halogens is 1. The van der Waals surface area contributed by atoms with Crippen LogP contribution < -0.4 is 0 Å². The summed E-state index contributed by atoms with van der Waals surface area (Å²) in [7, 11) is 0. The molecular formula is C10H6BrO2S-. The van der Waals surface area contributed by atoms with E-state index in [1.807, 2.05) is 18.2 Å². The summed E-state index contributed by atoms with van der Waals surface area (Å²) in [4.78, 5) is 0.315. The van der Waals surface area contributed by atoms with Crippen LogP contribution in [0.5, 0.6) is 0 Å². The molecule has 2 rings (SSSR count). The van der Waals surface area contributed by atoms with Crippen molar-refractivity contribution in [3.8, 4) is 0 Å². The SMILES string of the molecule is O=S([O-])c1ccc2c(Br)cccc2c1. The zero-order chi connectivity index (χ0) is 10.1. The van der Waals surface area contributed by atoms with E-state index in [-0.39, 0.29) is 0 Å². The molecule has 14 heavy (non-hydrogen) atoms. The summed E-state index contributed by atoms with van der Waals surface area (Å²) in [5, 5.41) is 1.93. The third-order valence-corrected chi connectivity index (χ3v) is 3.32. The van der Waals surface area contributed by atoms with Gasteiger partial charge in [0.05, 0.1) is 0 Å².